The minimum absolute atomic E-state index is 0.0961. The van der Waals surface area contributed by atoms with Crippen LogP contribution in [-0.2, 0) is 9.36 Å². The molecule has 2 aliphatic carbocycles. The Kier molecular flexibility index (Phi) is 7.11. The lowest BCUT2D eigenvalue weighted by molar-refractivity contribution is -0.141. The molecule has 4 nitrogen and oxygen atoms in total. The first-order valence-electron chi connectivity index (χ1n) is 7.66. The van der Waals surface area contributed by atoms with Gasteiger partial charge in [-0.05, 0) is 35.2 Å². The Hall–Kier alpha value is -0.470. The highest BCUT2D eigenvalue weighted by atomic mass is 31.1. The average molecular weight is 303 g/mol. The molecule has 2 N–H and O–H groups in total. The van der Waals surface area contributed by atoms with Crippen LogP contribution in [0, 0.1) is 17.3 Å². The highest BCUT2D eigenvalue weighted by Crippen LogP contribution is 2.43. The number of hydrogen-bond acceptors (Lipinski definition) is 2. The second-order valence-corrected chi connectivity index (χ2v) is 8.04. The fraction of sp³-hybridized carbons (Fsp3) is 0.933. The zero-order valence-corrected chi connectivity index (χ0v) is 13.6. The first-order chi connectivity index (χ1) is 9.30. The maximum atomic E-state index is 10.9. The lowest BCUT2D eigenvalue weighted by Gasteiger charge is -2.22. The van der Waals surface area contributed by atoms with Crippen LogP contribution in [0.3, 0.4) is 0 Å². The van der Waals surface area contributed by atoms with E-state index in [0.717, 1.165) is 18.3 Å². The molecule has 0 aromatic rings. The van der Waals surface area contributed by atoms with Crippen LogP contribution in [0.2, 0.25) is 0 Å². The van der Waals surface area contributed by atoms with Crippen LogP contribution in [0.15, 0.2) is 0 Å². The molecule has 2 aliphatic rings. The second-order valence-electron chi connectivity index (χ2n) is 6.97. The number of rotatable bonds is 5. The Morgan fingerprint density at radius 3 is 2.10 bits per heavy atom. The summed E-state index contributed by atoms with van der Waals surface area (Å²) in [6.45, 7) is 4.60. The molecule has 0 bridgehead atoms. The lowest BCUT2D eigenvalue weighted by Crippen LogP contribution is -2.21. The van der Waals surface area contributed by atoms with Crippen molar-refractivity contribution in [2.24, 2.45) is 17.3 Å². The van der Waals surface area contributed by atoms with E-state index in [2.05, 4.69) is 13.8 Å². The summed E-state index contributed by atoms with van der Waals surface area (Å²) in [5.41, 5.74) is 0.750. The molecule has 0 aliphatic heterocycles. The first kappa shape index (κ1) is 17.6. The van der Waals surface area contributed by atoms with Gasteiger partial charge in [-0.3, -0.25) is 4.79 Å². The average Bonchev–Trinajstić information content (AvgIpc) is 3.05. The Balaban J connectivity index is 0.000000333. The van der Waals surface area contributed by atoms with Gasteiger partial charge in [0.15, 0.2) is 6.16 Å². The summed E-state index contributed by atoms with van der Waals surface area (Å²) in [6.07, 6.45) is 9.10. The molecule has 2 unspecified atom stereocenters. The van der Waals surface area contributed by atoms with Gasteiger partial charge in [-0.1, -0.05) is 46.0 Å². The molecule has 0 heterocycles. The van der Waals surface area contributed by atoms with E-state index in [-0.39, 0.29) is 6.16 Å². The van der Waals surface area contributed by atoms with Crippen LogP contribution in [0.25, 0.3) is 0 Å². The predicted molar refractivity (Wildman–Crippen MR) is 80.0 cm³/mol. The van der Waals surface area contributed by atoms with Gasteiger partial charge in [0.25, 0.3) is 0 Å². The predicted octanol–water partition coefficient (Wildman–Crippen LogP) is 4.20. The summed E-state index contributed by atoms with van der Waals surface area (Å²) >= 11 is 0. The van der Waals surface area contributed by atoms with E-state index in [1.807, 2.05) is 0 Å². The molecule has 5 heteroatoms. The van der Waals surface area contributed by atoms with Crippen molar-refractivity contribution in [1.82, 2.24) is 0 Å². The zero-order valence-electron chi connectivity index (χ0n) is 12.7. The van der Waals surface area contributed by atoms with Crippen LogP contribution < -0.4 is 0 Å². The third-order valence-corrected chi connectivity index (χ3v) is 5.07. The van der Waals surface area contributed by atoms with Crippen molar-refractivity contribution in [2.75, 3.05) is 6.16 Å². The third kappa shape index (κ3) is 7.96. The van der Waals surface area contributed by atoms with E-state index in [4.69, 9.17) is 10.00 Å². The summed E-state index contributed by atoms with van der Waals surface area (Å²) < 4.78 is 10.6. The molecule has 2 atom stereocenters. The van der Waals surface area contributed by atoms with Crippen LogP contribution >= 0.6 is 8.03 Å². The molecular formula is C15H28O4P+. The second kappa shape index (κ2) is 8.09. The highest BCUT2D eigenvalue weighted by molar-refractivity contribution is 7.38. The van der Waals surface area contributed by atoms with Crippen molar-refractivity contribution in [3.05, 3.63) is 0 Å². The number of hydrogen-bond donors (Lipinski definition) is 2. The maximum Gasteiger partial charge on any atom is 0.506 e. The summed E-state index contributed by atoms with van der Waals surface area (Å²) in [4.78, 5) is 19.6. The van der Waals surface area contributed by atoms with Crippen LogP contribution in [0.5, 0.6) is 0 Å². The lowest BCUT2D eigenvalue weighted by atomic mass is 9.83. The molecule has 20 heavy (non-hydrogen) atoms. The van der Waals surface area contributed by atoms with Gasteiger partial charge in [-0.25, -0.2) is 0 Å². The Labute approximate surface area is 122 Å². The minimum Gasteiger partial charge on any atom is -0.481 e. The van der Waals surface area contributed by atoms with Crippen LogP contribution in [0.4, 0.5) is 0 Å². The third-order valence-electron chi connectivity index (χ3n) is 4.32. The topological polar surface area (TPSA) is 74.6 Å². The first-order valence-corrected chi connectivity index (χ1v) is 9.06. The van der Waals surface area contributed by atoms with Gasteiger partial charge in [0.2, 0.25) is 0 Å². The van der Waals surface area contributed by atoms with Gasteiger partial charge >= 0.3 is 14.0 Å². The van der Waals surface area contributed by atoms with Crippen molar-refractivity contribution in [1.29, 1.82) is 0 Å². The summed E-state index contributed by atoms with van der Waals surface area (Å²) in [6, 6.07) is 0. The SMILES string of the molecule is CC1(C)CC1.O=C(O)C(CC1CCCCC1)C[P+](=O)O. The fourth-order valence-electron chi connectivity index (χ4n) is 2.52. The molecule has 2 rings (SSSR count). The Morgan fingerprint density at radius 1 is 1.25 bits per heavy atom. The van der Waals surface area contributed by atoms with E-state index in [9.17, 15) is 9.36 Å². The van der Waals surface area contributed by atoms with E-state index < -0.39 is 19.9 Å². The molecule has 2 fully saturated rings. The van der Waals surface area contributed by atoms with Crippen LogP contribution in [-0.4, -0.2) is 22.1 Å². The van der Waals surface area contributed by atoms with Crippen molar-refractivity contribution < 1.29 is 19.4 Å². The quantitative estimate of drug-likeness (QED) is 0.746. The molecule has 0 aromatic carbocycles. The maximum absolute atomic E-state index is 10.9. The van der Waals surface area contributed by atoms with Crippen molar-refractivity contribution in [2.45, 2.75) is 65.2 Å². The number of carboxylic acid groups (broad SMARTS) is 1. The number of carboxylic acids is 1. The van der Waals surface area contributed by atoms with Crippen LogP contribution in [0.1, 0.15) is 65.2 Å². The molecular weight excluding hydrogens is 275 g/mol. The minimum atomic E-state index is -2.33. The molecule has 0 amide bonds. The Bertz CT molecular complexity index is 329. The van der Waals surface area contributed by atoms with E-state index in [0.29, 0.717) is 12.3 Å². The molecule has 2 saturated carbocycles. The van der Waals surface area contributed by atoms with Crippen molar-refractivity contribution in [3.8, 4) is 0 Å². The monoisotopic (exact) mass is 303 g/mol. The number of aliphatic carboxylic acids is 1. The largest absolute Gasteiger partial charge is 0.506 e. The normalized spacial score (nSPS) is 23.2. The molecule has 0 aromatic heterocycles. The van der Waals surface area contributed by atoms with Gasteiger partial charge in [0, 0.05) is 0 Å². The standard InChI is InChI=1S/C10H17O4P.C5H10/c11-10(12)9(7-15(13)14)6-8-4-2-1-3-5-8;1-5(2)3-4-5/h8-9H,1-7H2,(H-,11,12,13,14);3-4H2,1-2H3/p+1. The summed E-state index contributed by atoms with van der Waals surface area (Å²) in [7, 11) is -2.33. The smallest absolute Gasteiger partial charge is 0.481 e. The molecule has 0 saturated heterocycles. The summed E-state index contributed by atoms with van der Waals surface area (Å²) in [5, 5.41) is 8.91. The summed E-state index contributed by atoms with van der Waals surface area (Å²) in [5.74, 6) is -1.13. The fourth-order valence-corrected chi connectivity index (χ4v) is 3.20. The van der Waals surface area contributed by atoms with E-state index >= 15 is 0 Å². The highest BCUT2D eigenvalue weighted by Gasteiger charge is 2.31. The van der Waals surface area contributed by atoms with Gasteiger partial charge in [0.1, 0.15) is 5.92 Å². The van der Waals surface area contributed by atoms with Crippen molar-refractivity contribution >= 4 is 14.0 Å². The van der Waals surface area contributed by atoms with Gasteiger partial charge in [0.05, 0.1) is 0 Å². The van der Waals surface area contributed by atoms with Gasteiger partial charge < -0.3 is 5.11 Å². The van der Waals surface area contributed by atoms with E-state index in [1.54, 1.807) is 0 Å². The molecule has 0 spiro atoms. The van der Waals surface area contributed by atoms with Gasteiger partial charge in [-0.15, -0.1) is 0 Å². The Morgan fingerprint density at radius 2 is 1.75 bits per heavy atom. The number of carbonyl (C=O) groups is 1. The molecule has 0 radical (unpaired) electrons. The van der Waals surface area contributed by atoms with E-state index in [1.165, 1.54) is 32.1 Å². The van der Waals surface area contributed by atoms with Gasteiger partial charge in [-0.2, -0.15) is 4.89 Å². The van der Waals surface area contributed by atoms with Crippen molar-refractivity contribution in [3.63, 3.8) is 0 Å². The zero-order chi connectivity index (χ0) is 15.2. The molecule has 116 valence electrons.